The summed E-state index contributed by atoms with van der Waals surface area (Å²) in [5.74, 6) is 1.57. The fraction of sp³-hybridized carbons (Fsp3) is 0.933. The van der Waals surface area contributed by atoms with Crippen LogP contribution < -0.4 is 0 Å². The minimum atomic E-state index is -0.261. The van der Waals surface area contributed by atoms with Crippen molar-refractivity contribution in [2.45, 2.75) is 129 Å². The Morgan fingerprint density at radius 3 is 2.32 bits per heavy atom. The first-order valence-electron chi connectivity index (χ1n) is 14.2. The molecule has 34 heavy (non-hydrogen) atoms. The topological polar surface area (TPSA) is 62.2 Å². The van der Waals surface area contributed by atoms with E-state index in [1.807, 2.05) is 0 Å². The van der Waals surface area contributed by atoms with Gasteiger partial charge in [0.25, 0.3) is 0 Å². The van der Waals surface area contributed by atoms with Crippen LogP contribution in [-0.4, -0.2) is 40.2 Å². The van der Waals surface area contributed by atoms with Gasteiger partial charge in [-0.2, -0.15) is 0 Å². The first-order chi connectivity index (χ1) is 15.8. The number of aliphatic hydroxyl groups excluding tert-OH is 2. The molecule has 2 heterocycles. The third kappa shape index (κ3) is 2.34. The second kappa shape index (κ2) is 6.27. The Hall–Kier alpha value is -0.580. The van der Waals surface area contributed by atoms with Gasteiger partial charge in [0, 0.05) is 11.8 Å². The molecule has 7 aliphatic rings. The zero-order valence-electron chi connectivity index (χ0n) is 22.2. The molecule has 7 rings (SSSR count). The molecule has 11 atom stereocenters. The molecule has 0 bridgehead atoms. The van der Waals surface area contributed by atoms with Crippen LogP contribution in [-0.2, 0) is 9.47 Å². The summed E-state index contributed by atoms with van der Waals surface area (Å²) >= 11 is 0. The van der Waals surface area contributed by atoms with Gasteiger partial charge in [0.2, 0.25) is 0 Å². The zero-order chi connectivity index (χ0) is 24.1. The van der Waals surface area contributed by atoms with Crippen molar-refractivity contribution in [3.8, 4) is 0 Å². The standard InChI is InChI=1S/C30H46O4/c1-25(2)21-14-23(32)28(6)20(27(21,5)10-9-22(25)31)8-11-29-16-30(28,29)12-7-18(29)17-13-19(33-15-17)24-26(3,4)34-24/h15,18-24,31-32H,7-14,16H2,1-6H3/t18-,19+,20+,21+,22+,23+,24-,27+,28-,29+,30+/m0/s1. The summed E-state index contributed by atoms with van der Waals surface area (Å²) in [7, 11) is 0. The van der Waals surface area contributed by atoms with Gasteiger partial charge in [0.1, 0.15) is 12.2 Å². The molecule has 0 aromatic heterocycles. The van der Waals surface area contributed by atoms with Crippen molar-refractivity contribution in [3.63, 3.8) is 0 Å². The smallest absolute Gasteiger partial charge is 0.131 e. The SMILES string of the molecule is CC1(C)O[C@H]1[C@H]1CC([C@@H]2CC[C@]34C[C@]23CC[C@@H]2[C@@]3(C)CC[C@@H](O)C(C)(C)[C@H]3C[C@@H](O)[C@]24C)=CO1. The van der Waals surface area contributed by atoms with Crippen molar-refractivity contribution in [2.75, 3.05) is 0 Å². The van der Waals surface area contributed by atoms with Gasteiger partial charge in [-0.05, 0) is 110 Å². The van der Waals surface area contributed by atoms with Crippen LogP contribution in [0.4, 0.5) is 0 Å². The van der Waals surface area contributed by atoms with Gasteiger partial charge in [-0.3, -0.25) is 0 Å². The Labute approximate surface area is 205 Å². The van der Waals surface area contributed by atoms with Crippen molar-refractivity contribution >= 4 is 0 Å². The van der Waals surface area contributed by atoms with E-state index in [0.717, 1.165) is 25.7 Å². The summed E-state index contributed by atoms with van der Waals surface area (Å²) in [4.78, 5) is 0. The lowest BCUT2D eigenvalue weighted by atomic mass is 9.37. The van der Waals surface area contributed by atoms with Crippen molar-refractivity contribution in [1.29, 1.82) is 0 Å². The largest absolute Gasteiger partial charge is 0.495 e. The van der Waals surface area contributed by atoms with Crippen molar-refractivity contribution in [2.24, 2.45) is 44.8 Å². The third-order valence-electron chi connectivity index (χ3n) is 13.7. The van der Waals surface area contributed by atoms with Gasteiger partial charge in [0.05, 0.1) is 24.1 Å². The van der Waals surface area contributed by atoms with Crippen molar-refractivity contribution < 1.29 is 19.7 Å². The summed E-state index contributed by atoms with van der Waals surface area (Å²) in [5, 5.41) is 22.9. The second-order valence-corrected chi connectivity index (χ2v) is 15.3. The van der Waals surface area contributed by atoms with Crippen LogP contribution >= 0.6 is 0 Å². The van der Waals surface area contributed by atoms with E-state index >= 15 is 0 Å². The van der Waals surface area contributed by atoms with E-state index in [1.165, 1.54) is 37.7 Å². The molecule has 0 aromatic carbocycles. The highest BCUT2D eigenvalue weighted by molar-refractivity contribution is 5.37. The quantitative estimate of drug-likeness (QED) is 0.515. The van der Waals surface area contributed by atoms with E-state index in [0.29, 0.717) is 23.2 Å². The molecule has 5 saturated carbocycles. The molecule has 0 spiro atoms. The maximum absolute atomic E-state index is 12.0. The Kier molecular flexibility index (Phi) is 4.17. The molecular formula is C30H46O4. The van der Waals surface area contributed by atoms with Crippen molar-refractivity contribution in [3.05, 3.63) is 11.8 Å². The highest BCUT2D eigenvalue weighted by atomic mass is 16.6. The van der Waals surface area contributed by atoms with Crippen LogP contribution in [0.1, 0.15) is 99.3 Å². The molecule has 4 heteroatoms. The van der Waals surface area contributed by atoms with Gasteiger partial charge in [0.15, 0.2) is 0 Å². The van der Waals surface area contributed by atoms with E-state index in [2.05, 4.69) is 47.8 Å². The van der Waals surface area contributed by atoms with Crippen molar-refractivity contribution in [1.82, 2.24) is 0 Å². The number of hydrogen-bond acceptors (Lipinski definition) is 4. The summed E-state index contributed by atoms with van der Waals surface area (Å²) in [6.07, 6.45) is 12.3. The first kappa shape index (κ1) is 22.6. The Bertz CT molecular complexity index is 953. The van der Waals surface area contributed by atoms with E-state index in [1.54, 1.807) is 0 Å². The van der Waals surface area contributed by atoms with Crippen LogP contribution in [0.15, 0.2) is 11.8 Å². The van der Waals surface area contributed by atoms with E-state index in [-0.39, 0.29) is 51.7 Å². The van der Waals surface area contributed by atoms with E-state index < -0.39 is 0 Å². The summed E-state index contributed by atoms with van der Waals surface area (Å²) in [6, 6.07) is 0. The van der Waals surface area contributed by atoms with Crippen LogP contribution in [0, 0.1) is 44.8 Å². The lowest BCUT2D eigenvalue weighted by Crippen LogP contribution is -2.66. The number of rotatable bonds is 2. The molecule has 4 nitrogen and oxygen atoms in total. The summed E-state index contributed by atoms with van der Waals surface area (Å²) < 4.78 is 12.1. The highest BCUT2D eigenvalue weighted by Gasteiger charge is 2.85. The molecule has 2 aliphatic heterocycles. The number of ether oxygens (including phenoxy) is 2. The minimum absolute atomic E-state index is 0.00929. The Morgan fingerprint density at radius 1 is 0.882 bits per heavy atom. The second-order valence-electron chi connectivity index (χ2n) is 15.3. The van der Waals surface area contributed by atoms with E-state index in [9.17, 15) is 10.2 Å². The Balaban J connectivity index is 1.19. The number of hydrogen-bond donors (Lipinski definition) is 2. The zero-order valence-corrected chi connectivity index (χ0v) is 22.2. The molecular weight excluding hydrogens is 424 g/mol. The third-order valence-corrected chi connectivity index (χ3v) is 13.7. The molecule has 5 aliphatic carbocycles. The van der Waals surface area contributed by atoms with Crippen LogP contribution in [0.2, 0.25) is 0 Å². The fourth-order valence-corrected chi connectivity index (χ4v) is 11.9. The maximum atomic E-state index is 12.0. The number of epoxide rings is 1. The minimum Gasteiger partial charge on any atom is -0.495 e. The normalized spacial score (nSPS) is 60.2. The molecule has 190 valence electrons. The van der Waals surface area contributed by atoms with Gasteiger partial charge in [-0.25, -0.2) is 0 Å². The molecule has 0 radical (unpaired) electrons. The van der Waals surface area contributed by atoms with Gasteiger partial charge in [-0.1, -0.05) is 27.7 Å². The number of fused-ring (bicyclic) bond motifs is 3. The molecule has 1 saturated heterocycles. The highest BCUT2D eigenvalue weighted by Crippen LogP contribution is 2.90. The average molecular weight is 471 g/mol. The lowest BCUT2D eigenvalue weighted by Gasteiger charge is -2.68. The predicted molar refractivity (Wildman–Crippen MR) is 131 cm³/mol. The summed E-state index contributed by atoms with van der Waals surface area (Å²) in [6.45, 7) is 13.9. The van der Waals surface area contributed by atoms with Crippen LogP contribution in [0.5, 0.6) is 0 Å². The van der Waals surface area contributed by atoms with E-state index in [4.69, 9.17) is 9.47 Å². The fourth-order valence-electron chi connectivity index (χ4n) is 11.9. The van der Waals surface area contributed by atoms with Gasteiger partial charge < -0.3 is 19.7 Å². The monoisotopic (exact) mass is 470 g/mol. The average Bonchev–Trinajstić information content (AvgIpc) is 3.46. The predicted octanol–water partition coefficient (Wildman–Crippen LogP) is 5.61. The van der Waals surface area contributed by atoms with Gasteiger partial charge >= 0.3 is 0 Å². The Morgan fingerprint density at radius 2 is 1.62 bits per heavy atom. The molecule has 0 amide bonds. The molecule has 6 fully saturated rings. The number of aliphatic hydroxyl groups is 2. The molecule has 0 aromatic rings. The van der Waals surface area contributed by atoms with Crippen LogP contribution in [0.3, 0.4) is 0 Å². The molecule has 2 N–H and O–H groups in total. The lowest BCUT2D eigenvalue weighted by molar-refractivity contribution is -0.241. The first-order valence-corrected chi connectivity index (χ1v) is 14.2. The van der Waals surface area contributed by atoms with Gasteiger partial charge in [-0.15, -0.1) is 0 Å². The summed E-state index contributed by atoms with van der Waals surface area (Å²) in [5.41, 5.74) is 2.25. The maximum Gasteiger partial charge on any atom is 0.131 e. The van der Waals surface area contributed by atoms with Crippen LogP contribution in [0.25, 0.3) is 0 Å². The molecule has 0 unspecified atom stereocenters.